The standard InChI is InChI=1S/C21H19ClFNO5/c22-14-5-11(23)1-2-13(14)18-7-17(28)20-16(27)6-15(26)19(21(20)29-18)12-3-4-24-8-10(12)9-25/h1-2,5-7,10,12,24-27H,3-4,8-9H2/t10-,12+/m0/s1. The maximum atomic E-state index is 13.4. The summed E-state index contributed by atoms with van der Waals surface area (Å²) in [6, 6.07) is 5.99. The maximum absolute atomic E-state index is 13.4. The first-order chi connectivity index (χ1) is 13.9. The minimum absolute atomic E-state index is 0.0377. The fourth-order valence-electron chi connectivity index (χ4n) is 4.00. The molecule has 152 valence electrons. The number of rotatable bonds is 3. The molecule has 6 nitrogen and oxygen atoms in total. The van der Waals surface area contributed by atoms with E-state index in [9.17, 15) is 24.5 Å². The van der Waals surface area contributed by atoms with Crippen LogP contribution in [0.2, 0.25) is 5.02 Å². The van der Waals surface area contributed by atoms with E-state index in [-0.39, 0.29) is 45.9 Å². The van der Waals surface area contributed by atoms with Crippen molar-refractivity contribution in [2.45, 2.75) is 12.3 Å². The molecule has 2 aromatic carbocycles. The predicted octanol–water partition coefficient (Wildman–Crippen LogP) is 3.35. The van der Waals surface area contributed by atoms with Gasteiger partial charge in [-0.05, 0) is 37.1 Å². The molecule has 0 radical (unpaired) electrons. The first-order valence-electron chi connectivity index (χ1n) is 9.20. The first-order valence-corrected chi connectivity index (χ1v) is 9.58. The van der Waals surface area contributed by atoms with Crippen LogP contribution in [0, 0.1) is 11.7 Å². The van der Waals surface area contributed by atoms with Crippen molar-refractivity contribution in [3.8, 4) is 22.8 Å². The second-order valence-corrected chi connectivity index (χ2v) is 7.58. The molecule has 0 amide bonds. The van der Waals surface area contributed by atoms with Gasteiger partial charge in [0.05, 0.1) is 5.02 Å². The Balaban J connectivity index is 2.01. The number of benzene rings is 2. The molecule has 1 aliphatic heterocycles. The Bertz CT molecular complexity index is 1150. The lowest BCUT2D eigenvalue weighted by Crippen LogP contribution is -2.37. The van der Waals surface area contributed by atoms with Crippen LogP contribution < -0.4 is 10.7 Å². The highest BCUT2D eigenvalue weighted by molar-refractivity contribution is 6.33. The third kappa shape index (κ3) is 3.46. The second-order valence-electron chi connectivity index (χ2n) is 7.17. The zero-order chi connectivity index (χ0) is 20.7. The van der Waals surface area contributed by atoms with E-state index in [1.165, 1.54) is 18.2 Å². The van der Waals surface area contributed by atoms with Gasteiger partial charge in [-0.3, -0.25) is 4.79 Å². The smallest absolute Gasteiger partial charge is 0.197 e. The molecule has 4 N–H and O–H groups in total. The lowest BCUT2D eigenvalue weighted by molar-refractivity contribution is 0.178. The molecule has 1 saturated heterocycles. The molecule has 0 unspecified atom stereocenters. The molecule has 2 heterocycles. The number of aromatic hydroxyl groups is 2. The van der Waals surface area contributed by atoms with Gasteiger partial charge < -0.3 is 25.1 Å². The van der Waals surface area contributed by atoms with Crippen LogP contribution in [0.1, 0.15) is 17.9 Å². The first kappa shape index (κ1) is 19.7. The van der Waals surface area contributed by atoms with Crippen LogP contribution >= 0.6 is 11.6 Å². The van der Waals surface area contributed by atoms with E-state index in [0.29, 0.717) is 30.6 Å². The number of hydrogen-bond donors (Lipinski definition) is 4. The average molecular weight is 420 g/mol. The topological polar surface area (TPSA) is 103 Å². The monoisotopic (exact) mass is 419 g/mol. The summed E-state index contributed by atoms with van der Waals surface area (Å²) in [6.45, 7) is 1.08. The van der Waals surface area contributed by atoms with Gasteiger partial charge in [0, 0.05) is 42.3 Å². The lowest BCUT2D eigenvalue weighted by atomic mass is 9.80. The number of aliphatic hydroxyl groups excluding tert-OH is 1. The Labute approximate surface area is 170 Å². The number of phenolic OH excluding ortho intramolecular Hbond substituents is 2. The minimum Gasteiger partial charge on any atom is -0.507 e. The number of piperidine rings is 1. The van der Waals surface area contributed by atoms with Gasteiger partial charge in [0.25, 0.3) is 0 Å². The Morgan fingerprint density at radius 1 is 1.21 bits per heavy atom. The fraction of sp³-hybridized carbons (Fsp3) is 0.286. The zero-order valence-corrected chi connectivity index (χ0v) is 16.0. The number of nitrogens with one attached hydrogen (secondary N) is 1. The number of hydrogen-bond acceptors (Lipinski definition) is 6. The molecule has 4 rings (SSSR count). The van der Waals surface area contributed by atoms with Gasteiger partial charge in [-0.1, -0.05) is 11.6 Å². The molecule has 3 aromatic rings. The maximum Gasteiger partial charge on any atom is 0.197 e. The van der Waals surface area contributed by atoms with Crippen molar-refractivity contribution < 1.29 is 24.1 Å². The molecule has 1 fully saturated rings. The summed E-state index contributed by atoms with van der Waals surface area (Å²) < 4.78 is 19.4. The fourth-order valence-corrected chi connectivity index (χ4v) is 4.26. The molecule has 1 aromatic heterocycles. The average Bonchev–Trinajstić information content (AvgIpc) is 2.67. The van der Waals surface area contributed by atoms with Crippen LogP contribution in [0.4, 0.5) is 4.39 Å². The molecule has 8 heteroatoms. The zero-order valence-electron chi connectivity index (χ0n) is 15.3. The Morgan fingerprint density at radius 2 is 2.00 bits per heavy atom. The van der Waals surface area contributed by atoms with Crippen LogP contribution in [0.15, 0.2) is 39.5 Å². The predicted molar refractivity (Wildman–Crippen MR) is 107 cm³/mol. The highest BCUT2D eigenvalue weighted by Gasteiger charge is 2.32. The number of fused-ring (bicyclic) bond motifs is 1. The summed E-state index contributed by atoms with van der Waals surface area (Å²) in [4.78, 5) is 12.8. The third-order valence-electron chi connectivity index (χ3n) is 5.41. The Kier molecular flexibility index (Phi) is 5.21. The van der Waals surface area contributed by atoms with E-state index < -0.39 is 17.0 Å². The van der Waals surface area contributed by atoms with Crippen LogP contribution in [-0.2, 0) is 0 Å². The van der Waals surface area contributed by atoms with Gasteiger partial charge in [-0.15, -0.1) is 0 Å². The quantitative estimate of drug-likeness (QED) is 0.519. The van der Waals surface area contributed by atoms with E-state index in [0.717, 1.165) is 12.1 Å². The van der Waals surface area contributed by atoms with Crippen molar-refractivity contribution in [3.05, 3.63) is 57.0 Å². The highest BCUT2D eigenvalue weighted by Crippen LogP contribution is 2.43. The van der Waals surface area contributed by atoms with Crippen LogP contribution in [-0.4, -0.2) is 35.0 Å². The summed E-state index contributed by atoms with van der Waals surface area (Å²) in [6.07, 6.45) is 0.601. The van der Waals surface area contributed by atoms with E-state index in [2.05, 4.69) is 5.32 Å². The van der Waals surface area contributed by atoms with Gasteiger partial charge in [0.15, 0.2) is 5.43 Å². The SMILES string of the molecule is O=c1cc(-c2ccc(F)cc2Cl)oc2c([C@@H]3CCNC[C@H]3CO)c(O)cc(O)c12. The summed E-state index contributed by atoms with van der Waals surface area (Å²) in [7, 11) is 0. The van der Waals surface area contributed by atoms with E-state index in [1.54, 1.807) is 0 Å². The molecule has 0 bridgehead atoms. The van der Waals surface area contributed by atoms with Gasteiger partial charge in [0.1, 0.15) is 34.0 Å². The minimum atomic E-state index is -0.529. The van der Waals surface area contributed by atoms with Gasteiger partial charge >= 0.3 is 0 Å². The summed E-state index contributed by atoms with van der Waals surface area (Å²) >= 11 is 6.12. The van der Waals surface area contributed by atoms with Crippen LogP contribution in [0.3, 0.4) is 0 Å². The Hall–Kier alpha value is -2.61. The Morgan fingerprint density at radius 3 is 2.72 bits per heavy atom. The normalized spacial score (nSPS) is 19.6. The largest absolute Gasteiger partial charge is 0.507 e. The second kappa shape index (κ2) is 7.67. The third-order valence-corrected chi connectivity index (χ3v) is 5.72. The van der Waals surface area contributed by atoms with Crippen molar-refractivity contribution in [1.29, 1.82) is 0 Å². The molecule has 2 atom stereocenters. The summed E-state index contributed by atoms with van der Waals surface area (Å²) in [5, 5.41) is 33.8. The molecule has 0 aliphatic carbocycles. The van der Waals surface area contributed by atoms with Crippen molar-refractivity contribution in [3.63, 3.8) is 0 Å². The number of aliphatic hydroxyl groups is 1. The van der Waals surface area contributed by atoms with Crippen LogP contribution in [0.25, 0.3) is 22.3 Å². The number of phenols is 2. The van der Waals surface area contributed by atoms with E-state index in [4.69, 9.17) is 16.0 Å². The van der Waals surface area contributed by atoms with Gasteiger partial charge in [0.2, 0.25) is 0 Å². The van der Waals surface area contributed by atoms with Crippen molar-refractivity contribution in [2.24, 2.45) is 5.92 Å². The van der Waals surface area contributed by atoms with Gasteiger partial charge in [-0.25, -0.2) is 4.39 Å². The summed E-state index contributed by atoms with van der Waals surface area (Å²) in [5.41, 5.74) is 0.186. The van der Waals surface area contributed by atoms with Crippen molar-refractivity contribution in [1.82, 2.24) is 5.32 Å². The molecule has 1 aliphatic rings. The molecular formula is C21H19ClFNO5. The molecular weight excluding hydrogens is 401 g/mol. The molecule has 29 heavy (non-hydrogen) atoms. The van der Waals surface area contributed by atoms with Gasteiger partial charge in [-0.2, -0.15) is 0 Å². The van der Waals surface area contributed by atoms with E-state index in [1.807, 2.05) is 0 Å². The van der Waals surface area contributed by atoms with Crippen LogP contribution in [0.5, 0.6) is 11.5 Å². The lowest BCUT2D eigenvalue weighted by Gasteiger charge is -2.32. The highest BCUT2D eigenvalue weighted by atomic mass is 35.5. The molecule has 0 saturated carbocycles. The number of halogens is 2. The molecule has 0 spiro atoms. The van der Waals surface area contributed by atoms with Crippen molar-refractivity contribution in [2.75, 3.05) is 19.7 Å². The van der Waals surface area contributed by atoms with Crippen molar-refractivity contribution >= 4 is 22.6 Å². The van der Waals surface area contributed by atoms with E-state index >= 15 is 0 Å². The summed E-state index contributed by atoms with van der Waals surface area (Å²) in [5.74, 6) is -1.55.